The molecule has 0 saturated carbocycles. The van der Waals surface area contributed by atoms with Crippen LogP contribution in [-0.2, 0) is 23.9 Å². The summed E-state index contributed by atoms with van der Waals surface area (Å²) >= 11 is 5.96. The summed E-state index contributed by atoms with van der Waals surface area (Å²) in [7, 11) is 0. The highest BCUT2D eigenvalue weighted by molar-refractivity contribution is 6.31. The first-order valence-corrected chi connectivity index (χ1v) is 9.59. The molecule has 8 nitrogen and oxygen atoms in total. The van der Waals surface area contributed by atoms with Crippen molar-refractivity contribution in [2.75, 3.05) is 28.7 Å². The molecule has 1 fully saturated rings. The highest BCUT2D eigenvalue weighted by Gasteiger charge is 2.36. The van der Waals surface area contributed by atoms with E-state index in [1.807, 2.05) is 0 Å². The van der Waals surface area contributed by atoms with Crippen LogP contribution in [0.2, 0.25) is 5.02 Å². The first-order valence-electron chi connectivity index (χ1n) is 9.22. The number of esters is 1. The molecule has 156 valence electrons. The molecular formula is C21H20ClN3O5. The minimum atomic E-state index is -0.652. The lowest BCUT2D eigenvalue weighted by Gasteiger charge is -2.16. The molecular weight excluding hydrogens is 410 g/mol. The van der Waals surface area contributed by atoms with Crippen molar-refractivity contribution >= 4 is 52.4 Å². The lowest BCUT2D eigenvalue weighted by Crippen LogP contribution is -2.28. The van der Waals surface area contributed by atoms with E-state index in [4.69, 9.17) is 16.3 Å². The molecule has 1 heterocycles. The van der Waals surface area contributed by atoms with Gasteiger partial charge in [-0.15, -0.1) is 0 Å². The van der Waals surface area contributed by atoms with Gasteiger partial charge in [-0.3, -0.25) is 19.2 Å². The van der Waals surface area contributed by atoms with Crippen molar-refractivity contribution in [3.63, 3.8) is 0 Å². The Morgan fingerprint density at radius 1 is 1.10 bits per heavy atom. The highest BCUT2D eigenvalue weighted by atomic mass is 35.5. The summed E-state index contributed by atoms with van der Waals surface area (Å²) in [4.78, 5) is 49.1. The van der Waals surface area contributed by atoms with Gasteiger partial charge in [0.05, 0.1) is 5.92 Å². The molecule has 1 saturated heterocycles. The van der Waals surface area contributed by atoms with Crippen molar-refractivity contribution in [2.45, 2.75) is 13.3 Å². The average molecular weight is 430 g/mol. The fourth-order valence-corrected chi connectivity index (χ4v) is 3.24. The number of amides is 3. The van der Waals surface area contributed by atoms with Crippen molar-refractivity contribution in [1.29, 1.82) is 0 Å². The number of halogens is 1. The SMILES string of the molecule is CC(=O)Nc1ccc(NC(=O)COC(=O)[C@@H]2CC(=O)N(c3cccc(Cl)c3)C2)cc1. The van der Waals surface area contributed by atoms with E-state index in [-0.39, 0.29) is 24.8 Å². The Kier molecular flexibility index (Phi) is 6.68. The number of nitrogens with zero attached hydrogens (tertiary/aromatic N) is 1. The Balaban J connectivity index is 1.49. The third-order valence-electron chi connectivity index (χ3n) is 4.41. The molecule has 3 amide bonds. The zero-order valence-corrected chi connectivity index (χ0v) is 16.9. The van der Waals surface area contributed by atoms with Crippen LogP contribution in [0, 0.1) is 5.92 Å². The standard InChI is InChI=1S/C21H20ClN3O5/c1-13(26)23-16-5-7-17(8-6-16)24-19(27)12-30-21(29)14-9-20(28)25(11-14)18-4-2-3-15(22)10-18/h2-8,10,14H,9,11-12H2,1H3,(H,23,26)(H,24,27)/t14-/m1/s1. The van der Waals surface area contributed by atoms with E-state index < -0.39 is 24.4 Å². The molecule has 2 N–H and O–H groups in total. The average Bonchev–Trinajstić information content (AvgIpc) is 3.09. The van der Waals surface area contributed by atoms with E-state index in [0.717, 1.165) is 0 Å². The fraction of sp³-hybridized carbons (Fsp3) is 0.238. The molecule has 30 heavy (non-hydrogen) atoms. The van der Waals surface area contributed by atoms with Crippen LogP contribution in [0.4, 0.5) is 17.1 Å². The van der Waals surface area contributed by atoms with Crippen molar-refractivity contribution in [2.24, 2.45) is 5.92 Å². The molecule has 2 aromatic carbocycles. The molecule has 0 spiro atoms. The van der Waals surface area contributed by atoms with Gasteiger partial charge in [0.25, 0.3) is 5.91 Å². The van der Waals surface area contributed by atoms with Crippen LogP contribution in [0.15, 0.2) is 48.5 Å². The molecule has 0 aromatic heterocycles. The van der Waals surface area contributed by atoms with Crippen molar-refractivity contribution in [3.8, 4) is 0 Å². The van der Waals surface area contributed by atoms with Crippen LogP contribution in [-0.4, -0.2) is 36.8 Å². The minimum Gasteiger partial charge on any atom is -0.455 e. The molecule has 1 atom stereocenters. The maximum Gasteiger partial charge on any atom is 0.311 e. The number of rotatable bonds is 6. The second-order valence-corrected chi connectivity index (χ2v) is 7.24. The van der Waals surface area contributed by atoms with Crippen LogP contribution in [0.25, 0.3) is 0 Å². The van der Waals surface area contributed by atoms with Gasteiger partial charge in [-0.25, -0.2) is 0 Å². The predicted molar refractivity (Wildman–Crippen MR) is 112 cm³/mol. The maximum absolute atomic E-state index is 12.3. The Morgan fingerprint density at radius 3 is 2.40 bits per heavy atom. The van der Waals surface area contributed by atoms with Crippen molar-refractivity contribution < 1.29 is 23.9 Å². The van der Waals surface area contributed by atoms with Crippen molar-refractivity contribution in [1.82, 2.24) is 0 Å². The Hall–Kier alpha value is -3.39. The summed E-state index contributed by atoms with van der Waals surface area (Å²) < 4.78 is 5.08. The van der Waals surface area contributed by atoms with E-state index >= 15 is 0 Å². The Morgan fingerprint density at radius 2 is 1.77 bits per heavy atom. The second kappa shape index (κ2) is 9.41. The largest absolute Gasteiger partial charge is 0.455 e. The first-order chi connectivity index (χ1) is 14.3. The Labute approximate surface area is 178 Å². The van der Waals surface area contributed by atoms with Gasteiger partial charge in [-0.1, -0.05) is 17.7 Å². The van der Waals surface area contributed by atoms with Gasteiger partial charge >= 0.3 is 5.97 Å². The fourth-order valence-electron chi connectivity index (χ4n) is 3.05. The van der Waals surface area contributed by atoms with Gasteiger partial charge < -0.3 is 20.3 Å². The molecule has 0 bridgehead atoms. The van der Waals surface area contributed by atoms with E-state index in [0.29, 0.717) is 22.1 Å². The van der Waals surface area contributed by atoms with Gasteiger partial charge in [-0.05, 0) is 42.5 Å². The number of carbonyl (C=O) groups is 4. The number of carbonyl (C=O) groups excluding carboxylic acids is 4. The summed E-state index contributed by atoms with van der Waals surface area (Å²) in [6.07, 6.45) is 0.0115. The molecule has 1 aliphatic heterocycles. The first kappa shape index (κ1) is 21.3. The molecule has 1 aliphatic rings. The number of hydrogen-bond acceptors (Lipinski definition) is 5. The highest BCUT2D eigenvalue weighted by Crippen LogP contribution is 2.27. The third kappa shape index (κ3) is 5.57. The van der Waals surface area contributed by atoms with E-state index in [9.17, 15) is 19.2 Å². The monoisotopic (exact) mass is 429 g/mol. The smallest absolute Gasteiger partial charge is 0.311 e. The van der Waals surface area contributed by atoms with Gasteiger partial charge in [0.15, 0.2) is 6.61 Å². The molecule has 0 radical (unpaired) electrons. The Bertz CT molecular complexity index is 977. The zero-order chi connectivity index (χ0) is 21.7. The van der Waals surface area contributed by atoms with E-state index in [2.05, 4.69) is 10.6 Å². The topological polar surface area (TPSA) is 105 Å². The normalized spacial score (nSPS) is 15.6. The van der Waals surface area contributed by atoms with Gasteiger partial charge in [0.1, 0.15) is 0 Å². The van der Waals surface area contributed by atoms with E-state index in [1.54, 1.807) is 48.5 Å². The number of ether oxygens (including phenoxy) is 1. The lowest BCUT2D eigenvalue weighted by atomic mass is 10.1. The lowest BCUT2D eigenvalue weighted by molar-refractivity contribution is -0.151. The summed E-state index contributed by atoms with van der Waals surface area (Å²) in [5.41, 5.74) is 1.71. The second-order valence-electron chi connectivity index (χ2n) is 6.80. The summed E-state index contributed by atoms with van der Waals surface area (Å²) in [5, 5.41) is 5.71. The van der Waals surface area contributed by atoms with Gasteiger partial charge in [0.2, 0.25) is 11.8 Å². The maximum atomic E-state index is 12.3. The third-order valence-corrected chi connectivity index (χ3v) is 4.65. The molecule has 2 aromatic rings. The number of anilines is 3. The van der Waals surface area contributed by atoms with Crippen LogP contribution in [0.1, 0.15) is 13.3 Å². The molecule has 9 heteroatoms. The minimum absolute atomic E-state index is 0.0115. The number of nitrogens with one attached hydrogen (secondary N) is 2. The van der Waals surface area contributed by atoms with Crippen LogP contribution in [0.5, 0.6) is 0 Å². The molecule has 0 unspecified atom stereocenters. The van der Waals surface area contributed by atoms with Gasteiger partial charge in [0, 0.05) is 42.0 Å². The number of benzene rings is 2. The predicted octanol–water partition coefficient (Wildman–Crippen LogP) is 2.83. The van der Waals surface area contributed by atoms with Crippen LogP contribution < -0.4 is 15.5 Å². The van der Waals surface area contributed by atoms with E-state index in [1.165, 1.54) is 11.8 Å². The van der Waals surface area contributed by atoms with Crippen molar-refractivity contribution in [3.05, 3.63) is 53.6 Å². The quantitative estimate of drug-likeness (QED) is 0.687. The summed E-state index contributed by atoms with van der Waals surface area (Å²) in [6.45, 7) is 1.11. The van der Waals surface area contributed by atoms with Crippen LogP contribution >= 0.6 is 11.6 Å². The number of hydrogen-bond donors (Lipinski definition) is 2. The molecule has 0 aliphatic carbocycles. The van der Waals surface area contributed by atoms with Crippen LogP contribution in [0.3, 0.4) is 0 Å². The van der Waals surface area contributed by atoms with Gasteiger partial charge in [-0.2, -0.15) is 0 Å². The summed E-state index contributed by atoms with van der Waals surface area (Å²) in [6, 6.07) is 13.3. The zero-order valence-electron chi connectivity index (χ0n) is 16.2. The summed E-state index contributed by atoms with van der Waals surface area (Å²) in [5.74, 6) is -2.17. The molecule has 3 rings (SSSR count).